The van der Waals surface area contributed by atoms with Gasteiger partial charge in [0.1, 0.15) is 24.4 Å². The highest BCUT2D eigenvalue weighted by Crippen LogP contribution is 2.41. The Balaban J connectivity index is 1.68. The Bertz CT molecular complexity index is 421. The van der Waals surface area contributed by atoms with Crippen LogP contribution in [0.3, 0.4) is 0 Å². The molecule has 3 aliphatic rings. The van der Waals surface area contributed by atoms with E-state index in [4.69, 9.17) is 28.4 Å². The van der Waals surface area contributed by atoms with Gasteiger partial charge in [0.05, 0.1) is 6.61 Å². The Morgan fingerprint density at radius 1 is 1.00 bits per heavy atom. The molecule has 0 unspecified atom stereocenters. The van der Waals surface area contributed by atoms with E-state index in [0.717, 1.165) is 6.42 Å². The van der Waals surface area contributed by atoms with E-state index >= 15 is 0 Å². The number of fused-ring (bicyclic) bond motifs is 1. The fourth-order valence-electron chi connectivity index (χ4n) is 3.31. The number of hydrogen-bond donors (Lipinski definition) is 0. The van der Waals surface area contributed by atoms with E-state index in [1.165, 1.54) is 0 Å². The molecule has 0 amide bonds. The van der Waals surface area contributed by atoms with Gasteiger partial charge in [-0.15, -0.1) is 0 Å². The highest BCUT2D eigenvalue weighted by molar-refractivity contribution is 4.98. The van der Waals surface area contributed by atoms with Gasteiger partial charge in [0, 0.05) is 6.61 Å². The van der Waals surface area contributed by atoms with Crippen LogP contribution in [-0.2, 0) is 28.4 Å². The molecule has 6 nitrogen and oxygen atoms in total. The minimum Gasteiger partial charge on any atom is -0.372 e. The highest BCUT2D eigenvalue weighted by Gasteiger charge is 2.58. The summed E-state index contributed by atoms with van der Waals surface area (Å²) in [5.74, 6) is -0.643. The zero-order valence-electron chi connectivity index (χ0n) is 15.0. The molecular formula is C17H30O6. The minimum atomic E-state index is -0.647. The molecule has 3 aliphatic heterocycles. The van der Waals surface area contributed by atoms with Crippen LogP contribution in [0.15, 0.2) is 0 Å². The average molecular weight is 330 g/mol. The Morgan fingerprint density at radius 3 is 2.35 bits per heavy atom. The van der Waals surface area contributed by atoms with Gasteiger partial charge in [-0.3, -0.25) is 0 Å². The molecule has 3 rings (SSSR count). The van der Waals surface area contributed by atoms with Crippen molar-refractivity contribution in [1.29, 1.82) is 0 Å². The molecule has 0 N–H and O–H groups in total. The largest absolute Gasteiger partial charge is 0.372 e. The SMILES string of the molecule is CC(C)CCO[C@H]1[C@H]2OC(C)(C)O[C@@H]2O[C@@H]1[C@@H]1COC(C)(C)O1. The molecule has 0 spiro atoms. The molecule has 3 saturated heterocycles. The van der Waals surface area contributed by atoms with Gasteiger partial charge >= 0.3 is 0 Å². The lowest BCUT2D eigenvalue weighted by Gasteiger charge is -2.29. The second-order valence-corrected chi connectivity index (χ2v) is 7.95. The van der Waals surface area contributed by atoms with Gasteiger partial charge in [0.25, 0.3) is 0 Å². The standard InChI is InChI=1S/C17H30O6/c1-10(2)7-8-18-13-12(11-9-19-16(3,4)21-11)20-15-14(13)22-17(5,6)23-15/h10-15H,7-9H2,1-6H3/t11-,12+,13+,14+,15-/m0/s1. The first-order valence-electron chi connectivity index (χ1n) is 8.61. The second-order valence-electron chi connectivity index (χ2n) is 7.95. The van der Waals surface area contributed by atoms with Gasteiger partial charge in [0.15, 0.2) is 17.9 Å². The first-order valence-corrected chi connectivity index (χ1v) is 8.61. The fourth-order valence-corrected chi connectivity index (χ4v) is 3.31. The van der Waals surface area contributed by atoms with Gasteiger partial charge in [-0.05, 0) is 40.0 Å². The molecule has 3 fully saturated rings. The van der Waals surface area contributed by atoms with E-state index in [0.29, 0.717) is 19.1 Å². The second kappa shape index (κ2) is 6.24. The summed E-state index contributed by atoms with van der Waals surface area (Å²) < 4.78 is 35.8. The Labute approximate surface area is 138 Å². The predicted molar refractivity (Wildman–Crippen MR) is 82.8 cm³/mol. The van der Waals surface area contributed by atoms with Crippen LogP contribution in [0.5, 0.6) is 0 Å². The molecule has 5 atom stereocenters. The molecule has 0 aromatic heterocycles. The highest BCUT2D eigenvalue weighted by atomic mass is 16.8. The maximum atomic E-state index is 6.15. The Hall–Kier alpha value is -0.240. The van der Waals surface area contributed by atoms with Crippen LogP contribution in [0, 0.1) is 5.92 Å². The van der Waals surface area contributed by atoms with Crippen molar-refractivity contribution < 1.29 is 28.4 Å². The van der Waals surface area contributed by atoms with Crippen LogP contribution in [0.4, 0.5) is 0 Å². The summed E-state index contributed by atoms with van der Waals surface area (Å²) in [5, 5.41) is 0. The first-order chi connectivity index (χ1) is 10.7. The molecule has 23 heavy (non-hydrogen) atoms. The lowest BCUT2D eigenvalue weighted by molar-refractivity contribution is -0.236. The summed E-state index contributed by atoms with van der Waals surface area (Å²) in [6, 6.07) is 0. The molecule has 0 aliphatic carbocycles. The predicted octanol–water partition coefficient (Wildman–Crippen LogP) is 2.45. The smallest absolute Gasteiger partial charge is 0.190 e. The van der Waals surface area contributed by atoms with E-state index in [-0.39, 0.29) is 24.4 Å². The summed E-state index contributed by atoms with van der Waals surface area (Å²) in [6.45, 7) is 13.1. The summed E-state index contributed by atoms with van der Waals surface area (Å²) in [5.41, 5.74) is 0. The average Bonchev–Trinajstić information content (AvgIpc) is 3.00. The van der Waals surface area contributed by atoms with E-state index in [1.807, 2.05) is 27.7 Å². The maximum absolute atomic E-state index is 6.15. The molecular weight excluding hydrogens is 300 g/mol. The zero-order valence-corrected chi connectivity index (χ0v) is 15.0. The quantitative estimate of drug-likeness (QED) is 0.772. The van der Waals surface area contributed by atoms with E-state index in [1.54, 1.807) is 0 Å². The third-order valence-electron chi connectivity index (χ3n) is 4.43. The lowest BCUT2D eigenvalue weighted by Crippen LogP contribution is -2.44. The molecule has 0 radical (unpaired) electrons. The van der Waals surface area contributed by atoms with Gasteiger partial charge < -0.3 is 28.4 Å². The van der Waals surface area contributed by atoms with Crippen molar-refractivity contribution in [2.45, 2.75) is 90.2 Å². The van der Waals surface area contributed by atoms with E-state index in [9.17, 15) is 0 Å². The Kier molecular flexibility index (Phi) is 4.77. The van der Waals surface area contributed by atoms with E-state index in [2.05, 4.69) is 13.8 Å². The summed E-state index contributed by atoms with van der Waals surface area (Å²) in [4.78, 5) is 0. The van der Waals surface area contributed by atoms with Crippen LogP contribution >= 0.6 is 0 Å². The van der Waals surface area contributed by atoms with Crippen molar-refractivity contribution in [3.63, 3.8) is 0 Å². The van der Waals surface area contributed by atoms with Crippen LogP contribution in [0.25, 0.3) is 0 Å². The van der Waals surface area contributed by atoms with Gasteiger partial charge in [0.2, 0.25) is 0 Å². The minimum absolute atomic E-state index is 0.171. The molecule has 3 heterocycles. The lowest BCUT2D eigenvalue weighted by atomic mass is 10.1. The van der Waals surface area contributed by atoms with Gasteiger partial charge in [-0.2, -0.15) is 0 Å². The van der Waals surface area contributed by atoms with E-state index < -0.39 is 17.9 Å². The third kappa shape index (κ3) is 3.89. The normalized spacial score (nSPS) is 41.6. The zero-order chi connectivity index (χ0) is 16.8. The number of hydrogen-bond acceptors (Lipinski definition) is 6. The fraction of sp³-hybridized carbons (Fsp3) is 1.00. The van der Waals surface area contributed by atoms with Crippen molar-refractivity contribution in [1.82, 2.24) is 0 Å². The van der Waals surface area contributed by atoms with Crippen molar-refractivity contribution in [2.24, 2.45) is 5.92 Å². The topological polar surface area (TPSA) is 55.4 Å². The number of ether oxygens (including phenoxy) is 6. The molecule has 0 saturated carbocycles. The Morgan fingerprint density at radius 2 is 1.74 bits per heavy atom. The molecule has 0 aromatic carbocycles. The van der Waals surface area contributed by atoms with Crippen molar-refractivity contribution in [2.75, 3.05) is 13.2 Å². The van der Waals surface area contributed by atoms with Gasteiger partial charge in [-0.25, -0.2) is 0 Å². The number of rotatable bonds is 5. The maximum Gasteiger partial charge on any atom is 0.190 e. The van der Waals surface area contributed by atoms with Crippen LogP contribution in [0.2, 0.25) is 0 Å². The molecule has 134 valence electrons. The summed E-state index contributed by atoms with van der Waals surface area (Å²) in [6.07, 6.45) is -0.257. The van der Waals surface area contributed by atoms with Crippen LogP contribution in [-0.4, -0.2) is 55.5 Å². The van der Waals surface area contributed by atoms with Crippen molar-refractivity contribution >= 4 is 0 Å². The van der Waals surface area contributed by atoms with Crippen LogP contribution < -0.4 is 0 Å². The van der Waals surface area contributed by atoms with Crippen molar-refractivity contribution in [3.05, 3.63) is 0 Å². The van der Waals surface area contributed by atoms with Gasteiger partial charge in [-0.1, -0.05) is 13.8 Å². The first kappa shape index (κ1) is 17.6. The summed E-state index contributed by atoms with van der Waals surface area (Å²) >= 11 is 0. The summed E-state index contributed by atoms with van der Waals surface area (Å²) in [7, 11) is 0. The monoisotopic (exact) mass is 330 g/mol. The molecule has 0 aromatic rings. The molecule has 0 bridgehead atoms. The molecule has 6 heteroatoms. The third-order valence-corrected chi connectivity index (χ3v) is 4.43. The van der Waals surface area contributed by atoms with Crippen molar-refractivity contribution in [3.8, 4) is 0 Å². The van der Waals surface area contributed by atoms with Crippen LogP contribution in [0.1, 0.15) is 48.0 Å².